The third-order valence-electron chi connectivity index (χ3n) is 3.84. The average Bonchev–Trinajstić information content (AvgIpc) is 2.38. The zero-order chi connectivity index (χ0) is 13.2. The van der Waals surface area contributed by atoms with Crippen molar-refractivity contribution in [3.05, 3.63) is 0 Å². The van der Waals surface area contributed by atoms with E-state index in [-0.39, 0.29) is 0 Å². The van der Waals surface area contributed by atoms with Crippen LogP contribution in [-0.2, 0) is 9.47 Å². The molecule has 0 spiro atoms. The van der Waals surface area contributed by atoms with Gasteiger partial charge in [0.25, 0.3) is 0 Å². The summed E-state index contributed by atoms with van der Waals surface area (Å²) in [5, 5.41) is 0. The number of nitrogens with zero attached hydrogens (tertiary/aromatic N) is 1. The maximum Gasteiger partial charge on any atom is 0.0589 e. The molecule has 4 heteroatoms. The van der Waals surface area contributed by atoms with Gasteiger partial charge in [0, 0.05) is 46.5 Å². The number of rotatable bonds is 9. The molecule has 0 bridgehead atoms. The van der Waals surface area contributed by atoms with Crippen LogP contribution < -0.4 is 5.73 Å². The smallest absolute Gasteiger partial charge is 0.0589 e. The van der Waals surface area contributed by atoms with E-state index in [1.54, 1.807) is 14.2 Å². The topological polar surface area (TPSA) is 47.7 Å². The second kappa shape index (κ2) is 9.73. The van der Waals surface area contributed by atoms with Crippen LogP contribution in [0.5, 0.6) is 0 Å². The Morgan fingerprint density at radius 3 is 2.28 bits per heavy atom. The minimum Gasteiger partial charge on any atom is -0.385 e. The summed E-state index contributed by atoms with van der Waals surface area (Å²) in [6.07, 6.45) is 6.07. The Balaban J connectivity index is 2.25. The van der Waals surface area contributed by atoms with Gasteiger partial charge in [-0.25, -0.2) is 0 Å². The highest BCUT2D eigenvalue weighted by Gasteiger charge is 2.20. The Morgan fingerprint density at radius 2 is 1.67 bits per heavy atom. The molecule has 4 nitrogen and oxygen atoms in total. The predicted octanol–water partition coefficient (Wildman–Crippen LogP) is 1.49. The van der Waals surface area contributed by atoms with Gasteiger partial charge in [0.05, 0.1) is 6.61 Å². The lowest BCUT2D eigenvalue weighted by Gasteiger charge is -2.31. The Morgan fingerprint density at radius 1 is 1.00 bits per heavy atom. The molecule has 0 unspecified atom stereocenters. The standard InChI is InChI=1S/C14H30N2O2/c1-17-10-3-8-16(9-11-18-2)12-13-4-6-14(15)7-5-13/h13-14H,3-12,15H2,1-2H3. The highest BCUT2D eigenvalue weighted by molar-refractivity contribution is 4.76. The SMILES string of the molecule is COCCCN(CCOC)CC1CCC(N)CC1. The van der Waals surface area contributed by atoms with Crippen molar-refractivity contribution in [1.82, 2.24) is 4.90 Å². The summed E-state index contributed by atoms with van der Waals surface area (Å²) < 4.78 is 10.3. The molecule has 0 aromatic heterocycles. The van der Waals surface area contributed by atoms with Gasteiger partial charge in [-0.2, -0.15) is 0 Å². The van der Waals surface area contributed by atoms with Gasteiger partial charge in [-0.3, -0.25) is 0 Å². The van der Waals surface area contributed by atoms with E-state index in [1.807, 2.05) is 0 Å². The highest BCUT2D eigenvalue weighted by atomic mass is 16.5. The second-order valence-electron chi connectivity index (χ2n) is 5.42. The molecule has 1 fully saturated rings. The van der Waals surface area contributed by atoms with Crippen molar-refractivity contribution in [1.29, 1.82) is 0 Å². The Labute approximate surface area is 112 Å². The maximum atomic E-state index is 5.96. The first-order valence-corrected chi connectivity index (χ1v) is 7.22. The molecule has 2 N–H and O–H groups in total. The lowest BCUT2D eigenvalue weighted by Crippen LogP contribution is -2.37. The fraction of sp³-hybridized carbons (Fsp3) is 1.00. The summed E-state index contributed by atoms with van der Waals surface area (Å²) in [5.74, 6) is 0.823. The van der Waals surface area contributed by atoms with Crippen molar-refractivity contribution in [3.8, 4) is 0 Å². The van der Waals surface area contributed by atoms with Crippen molar-refractivity contribution >= 4 is 0 Å². The van der Waals surface area contributed by atoms with Crippen LogP contribution in [0.4, 0.5) is 0 Å². The molecule has 0 amide bonds. The van der Waals surface area contributed by atoms with Crippen molar-refractivity contribution in [3.63, 3.8) is 0 Å². The van der Waals surface area contributed by atoms with Crippen LogP contribution in [-0.4, -0.2) is 58.0 Å². The molecule has 1 aliphatic rings. The minimum absolute atomic E-state index is 0.446. The lowest BCUT2D eigenvalue weighted by molar-refractivity contribution is 0.115. The van der Waals surface area contributed by atoms with Gasteiger partial charge in [0.15, 0.2) is 0 Å². The number of hydrogen-bond donors (Lipinski definition) is 1. The fourth-order valence-electron chi connectivity index (χ4n) is 2.68. The largest absolute Gasteiger partial charge is 0.385 e. The van der Waals surface area contributed by atoms with E-state index in [1.165, 1.54) is 32.2 Å². The first-order valence-electron chi connectivity index (χ1n) is 7.22. The van der Waals surface area contributed by atoms with E-state index in [9.17, 15) is 0 Å². The maximum absolute atomic E-state index is 5.96. The van der Waals surface area contributed by atoms with E-state index in [4.69, 9.17) is 15.2 Å². The Bertz CT molecular complexity index is 194. The molecule has 0 heterocycles. The number of nitrogens with two attached hydrogens (primary N) is 1. The molecule has 0 saturated heterocycles. The molecular formula is C14H30N2O2. The molecule has 108 valence electrons. The van der Waals surface area contributed by atoms with Crippen molar-refractivity contribution in [2.24, 2.45) is 11.7 Å². The summed E-state index contributed by atoms with van der Waals surface area (Å²) >= 11 is 0. The van der Waals surface area contributed by atoms with Gasteiger partial charge in [0.1, 0.15) is 0 Å². The molecular weight excluding hydrogens is 228 g/mol. The van der Waals surface area contributed by atoms with E-state index in [0.29, 0.717) is 6.04 Å². The zero-order valence-electron chi connectivity index (χ0n) is 12.1. The first-order chi connectivity index (χ1) is 8.76. The van der Waals surface area contributed by atoms with E-state index >= 15 is 0 Å². The summed E-state index contributed by atoms with van der Waals surface area (Å²) in [5.41, 5.74) is 5.96. The molecule has 0 atom stereocenters. The molecule has 0 aliphatic heterocycles. The monoisotopic (exact) mass is 258 g/mol. The van der Waals surface area contributed by atoms with E-state index < -0.39 is 0 Å². The average molecular weight is 258 g/mol. The van der Waals surface area contributed by atoms with Crippen LogP contribution in [0.15, 0.2) is 0 Å². The normalized spacial score (nSPS) is 24.7. The van der Waals surface area contributed by atoms with Crippen molar-refractivity contribution in [2.45, 2.75) is 38.1 Å². The molecule has 1 saturated carbocycles. The molecule has 1 aliphatic carbocycles. The van der Waals surface area contributed by atoms with E-state index in [0.717, 1.165) is 38.6 Å². The highest BCUT2D eigenvalue weighted by Crippen LogP contribution is 2.23. The predicted molar refractivity (Wildman–Crippen MR) is 74.7 cm³/mol. The van der Waals surface area contributed by atoms with Crippen LogP contribution in [0.1, 0.15) is 32.1 Å². The number of ether oxygens (including phenoxy) is 2. The van der Waals surface area contributed by atoms with Crippen molar-refractivity contribution in [2.75, 3.05) is 47.1 Å². The van der Waals surface area contributed by atoms with Gasteiger partial charge >= 0.3 is 0 Å². The molecule has 0 aromatic rings. The van der Waals surface area contributed by atoms with Crippen LogP contribution in [0.2, 0.25) is 0 Å². The Hall–Kier alpha value is -0.160. The molecule has 1 rings (SSSR count). The summed E-state index contributed by atoms with van der Waals surface area (Å²) in [6.45, 7) is 5.00. The summed E-state index contributed by atoms with van der Waals surface area (Å²) in [4.78, 5) is 2.52. The minimum atomic E-state index is 0.446. The molecule has 0 aromatic carbocycles. The quantitative estimate of drug-likeness (QED) is 0.637. The van der Waals surface area contributed by atoms with Gasteiger partial charge in [-0.05, 0) is 38.0 Å². The zero-order valence-corrected chi connectivity index (χ0v) is 12.1. The van der Waals surface area contributed by atoms with Gasteiger partial charge in [0.2, 0.25) is 0 Å². The molecule has 18 heavy (non-hydrogen) atoms. The van der Waals surface area contributed by atoms with Crippen LogP contribution >= 0.6 is 0 Å². The first kappa shape index (κ1) is 15.9. The van der Waals surface area contributed by atoms with Crippen LogP contribution in [0.25, 0.3) is 0 Å². The van der Waals surface area contributed by atoms with Crippen molar-refractivity contribution < 1.29 is 9.47 Å². The van der Waals surface area contributed by atoms with Crippen LogP contribution in [0.3, 0.4) is 0 Å². The second-order valence-corrected chi connectivity index (χ2v) is 5.42. The van der Waals surface area contributed by atoms with Gasteiger partial charge in [-0.1, -0.05) is 0 Å². The van der Waals surface area contributed by atoms with E-state index in [2.05, 4.69) is 4.90 Å². The lowest BCUT2D eigenvalue weighted by atomic mass is 9.86. The van der Waals surface area contributed by atoms with Gasteiger partial charge < -0.3 is 20.1 Å². The van der Waals surface area contributed by atoms with Crippen LogP contribution in [0, 0.1) is 5.92 Å². The summed E-state index contributed by atoms with van der Waals surface area (Å²) in [6, 6.07) is 0.446. The number of methoxy groups -OCH3 is 2. The third kappa shape index (κ3) is 6.69. The fourth-order valence-corrected chi connectivity index (χ4v) is 2.68. The Kier molecular flexibility index (Phi) is 8.59. The molecule has 0 radical (unpaired) electrons. The third-order valence-corrected chi connectivity index (χ3v) is 3.84. The number of hydrogen-bond acceptors (Lipinski definition) is 4. The summed E-state index contributed by atoms with van der Waals surface area (Å²) in [7, 11) is 3.54. The van der Waals surface area contributed by atoms with Gasteiger partial charge in [-0.15, -0.1) is 0 Å².